The van der Waals surface area contributed by atoms with Crippen LogP contribution < -0.4 is 19.1 Å². The van der Waals surface area contributed by atoms with Gasteiger partial charge in [0.1, 0.15) is 0 Å². The smallest absolute Gasteiger partial charge is 0.232 e. The molecule has 144 valence electrons. The lowest BCUT2D eigenvalue weighted by Crippen LogP contribution is -2.31. The van der Waals surface area contributed by atoms with Crippen molar-refractivity contribution in [1.82, 2.24) is 0 Å². The van der Waals surface area contributed by atoms with Crippen LogP contribution in [0.2, 0.25) is 5.02 Å². The quantitative estimate of drug-likeness (QED) is 0.757. The SMILES string of the molecule is CS(=O)(=O)N(CCCC(=O)Nc1ccc2c(c1)OCO2)c1cccc(Cl)c1. The molecule has 3 rings (SSSR count). The van der Waals surface area contributed by atoms with Gasteiger partial charge in [0.05, 0.1) is 11.9 Å². The summed E-state index contributed by atoms with van der Waals surface area (Å²) >= 11 is 5.95. The fourth-order valence-electron chi connectivity index (χ4n) is 2.70. The van der Waals surface area contributed by atoms with Gasteiger partial charge in [0, 0.05) is 29.7 Å². The molecule has 1 heterocycles. The van der Waals surface area contributed by atoms with Crippen LogP contribution >= 0.6 is 11.6 Å². The summed E-state index contributed by atoms with van der Waals surface area (Å²) in [7, 11) is -3.49. The molecule has 1 aliphatic heterocycles. The zero-order valence-corrected chi connectivity index (χ0v) is 16.2. The second kappa shape index (κ2) is 8.06. The third kappa shape index (κ3) is 5.05. The van der Waals surface area contributed by atoms with Gasteiger partial charge in [0.15, 0.2) is 11.5 Å². The van der Waals surface area contributed by atoms with Gasteiger partial charge in [0.2, 0.25) is 22.7 Å². The highest BCUT2D eigenvalue weighted by Crippen LogP contribution is 2.34. The van der Waals surface area contributed by atoms with E-state index in [-0.39, 0.29) is 25.7 Å². The second-order valence-electron chi connectivity index (χ2n) is 6.03. The summed E-state index contributed by atoms with van der Waals surface area (Å²) < 4.78 is 35.9. The lowest BCUT2D eigenvalue weighted by Gasteiger charge is -2.22. The lowest BCUT2D eigenvalue weighted by atomic mass is 10.2. The molecular formula is C18H19ClN2O5S. The van der Waals surface area contributed by atoms with E-state index in [9.17, 15) is 13.2 Å². The first-order valence-electron chi connectivity index (χ1n) is 8.26. The molecule has 1 N–H and O–H groups in total. The Morgan fingerprint density at radius 2 is 1.96 bits per heavy atom. The van der Waals surface area contributed by atoms with Gasteiger partial charge >= 0.3 is 0 Å². The van der Waals surface area contributed by atoms with Crippen LogP contribution in [0.3, 0.4) is 0 Å². The number of carbonyl (C=O) groups excluding carboxylic acids is 1. The van der Waals surface area contributed by atoms with Crippen molar-refractivity contribution in [2.75, 3.05) is 29.2 Å². The highest BCUT2D eigenvalue weighted by atomic mass is 35.5. The van der Waals surface area contributed by atoms with Crippen molar-refractivity contribution in [2.45, 2.75) is 12.8 Å². The molecule has 0 unspecified atom stereocenters. The molecule has 0 saturated carbocycles. The molecular weight excluding hydrogens is 392 g/mol. The Morgan fingerprint density at radius 1 is 1.19 bits per heavy atom. The number of carbonyl (C=O) groups is 1. The van der Waals surface area contributed by atoms with Crippen LogP contribution in [0.15, 0.2) is 42.5 Å². The Kier molecular flexibility index (Phi) is 5.76. The van der Waals surface area contributed by atoms with E-state index in [4.69, 9.17) is 21.1 Å². The van der Waals surface area contributed by atoms with Crippen molar-refractivity contribution in [2.24, 2.45) is 0 Å². The summed E-state index contributed by atoms with van der Waals surface area (Å²) in [4.78, 5) is 12.2. The Balaban J connectivity index is 1.57. The summed E-state index contributed by atoms with van der Waals surface area (Å²) in [5.74, 6) is 1.00. The van der Waals surface area contributed by atoms with Gasteiger partial charge in [-0.25, -0.2) is 8.42 Å². The predicted octanol–water partition coefficient (Wildman–Crippen LogP) is 3.25. The average molecular weight is 411 g/mol. The number of ether oxygens (including phenoxy) is 2. The summed E-state index contributed by atoms with van der Waals surface area (Å²) in [6.45, 7) is 0.339. The van der Waals surface area contributed by atoms with Crippen LogP contribution in [0.1, 0.15) is 12.8 Å². The minimum atomic E-state index is -3.49. The molecule has 27 heavy (non-hydrogen) atoms. The van der Waals surface area contributed by atoms with Crippen LogP contribution in [0, 0.1) is 0 Å². The Hall–Kier alpha value is -2.45. The van der Waals surface area contributed by atoms with Gasteiger partial charge < -0.3 is 14.8 Å². The minimum Gasteiger partial charge on any atom is -0.454 e. The number of amides is 1. The molecule has 0 aromatic heterocycles. The number of sulfonamides is 1. The molecule has 0 saturated heterocycles. The van der Waals surface area contributed by atoms with Crippen LogP contribution in [0.4, 0.5) is 11.4 Å². The Labute approximate surface area is 162 Å². The molecule has 0 spiro atoms. The van der Waals surface area contributed by atoms with E-state index >= 15 is 0 Å². The summed E-state index contributed by atoms with van der Waals surface area (Å²) in [5, 5.41) is 3.22. The van der Waals surface area contributed by atoms with Crippen LogP contribution in [0.5, 0.6) is 11.5 Å². The Morgan fingerprint density at radius 3 is 2.70 bits per heavy atom. The highest BCUT2D eigenvalue weighted by Gasteiger charge is 2.18. The molecule has 2 aromatic carbocycles. The van der Waals surface area contributed by atoms with Gasteiger partial charge in [-0.05, 0) is 36.8 Å². The second-order valence-corrected chi connectivity index (χ2v) is 8.38. The zero-order chi connectivity index (χ0) is 19.4. The van der Waals surface area contributed by atoms with Crippen molar-refractivity contribution >= 4 is 38.9 Å². The van der Waals surface area contributed by atoms with Crippen molar-refractivity contribution in [3.05, 3.63) is 47.5 Å². The molecule has 0 aliphatic carbocycles. The maximum atomic E-state index is 12.2. The maximum absolute atomic E-state index is 12.2. The predicted molar refractivity (Wildman–Crippen MR) is 104 cm³/mol. The van der Waals surface area contributed by atoms with E-state index in [1.54, 1.807) is 42.5 Å². The number of hydrogen-bond donors (Lipinski definition) is 1. The molecule has 1 amide bonds. The van der Waals surface area contributed by atoms with Gasteiger partial charge in [-0.15, -0.1) is 0 Å². The van der Waals surface area contributed by atoms with E-state index in [0.717, 1.165) is 6.26 Å². The summed E-state index contributed by atoms with van der Waals surface area (Å²) in [6, 6.07) is 11.7. The van der Waals surface area contributed by atoms with E-state index in [1.807, 2.05) is 0 Å². The first kappa shape index (κ1) is 19.3. The van der Waals surface area contributed by atoms with Gasteiger partial charge in [0.25, 0.3) is 0 Å². The lowest BCUT2D eigenvalue weighted by molar-refractivity contribution is -0.116. The number of nitrogens with one attached hydrogen (secondary N) is 1. The number of anilines is 2. The van der Waals surface area contributed by atoms with Crippen LogP contribution in [-0.4, -0.2) is 33.9 Å². The van der Waals surface area contributed by atoms with E-state index < -0.39 is 10.0 Å². The monoisotopic (exact) mass is 410 g/mol. The van der Waals surface area contributed by atoms with Gasteiger partial charge in [-0.3, -0.25) is 9.10 Å². The normalized spacial score (nSPS) is 12.7. The minimum absolute atomic E-state index is 0.164. The first-order chi connectivity index (χ1) is 12.8. The molecule has 0 fully saturated rings. The molecule has 9 heteroatoms. The largest absolute Gasteiger partial charge is 0.454 e. The van der Waals surface area contributed by atoms with Gasteiger partial charge in [-0.1, -0.05) is 17.7 Å². The zero-order valence-electron chi connectivity index (χ0n) is 14.6. The maximum Gasteiger partial charge on any atom is 0.232 e. The van der Waals surface area contributed by atoms with E-state index in [1.165, 1.54) is 4.31 Å². The Bertz CT molecular complexity index is 949. The molecule has 0 bridgehead atoms. The fourth-order valence-corrected chi connectivity index (χ4v) is 3.84. The molecule has 0 radical (unpaired) electrons. The number of rotatable bonds is 7. The van der Waals surface area contributed by atoms with Crippen molar-refractivity contribution in [3.63, 3.8) is 0 Å². The molecule has 2 aromatic rings. The molecule has 0 atom stereocenters. The summed E-state index contributed by atoms with van der Waals surface area (Å²) in [6.07, 6.45) is 1.65. The summed E-state index contributed by atoms with van der Waals surface area (Å²) in [5.41, 5.74) is 1.07. The van der Waals surface area contributed by atoms with Crippen LogP contribution in [0.25, 0.3) is 0 Å². The topological polar surface area (TPSA) is 84.9 Å². The number of hydrogen-bond acceptors (Lipinski definition) is 5. The molecule has 7 nitrogen and oxygen atoms in total. The van der Waals surface area contributed by atoms with Crippen molar-refractivity contribution < 1.29 is 22.7 Å². The third-order valence-electron chi connectivity index (χ3n) is 3.92. The highest BCUT2D eigenvalue weighted by molar-refractivity contribution is 7.92. The van der Waals surface area contributed by atoms with E-state index in [0.29, 0.717) is 34.3 Å². The van der Waals surface area contributed by atoms with Crippen LogP contribution in [-0.2, 0) is 14.8 Å². The van der Waals surface area contributed by atoms with E-state index in [2.05, 4.69) is 5.32 Å². The number of benzene rings is 2. The standard InChI is InChI=1S/C18H19ClN2O5S/c1-27(23,24)21(15-5-2-4-13(19)10-15)9-3-6-18(22)20-14-7-8-16-17(11-14)26-12-25-16/h2,4-5,7-8,10-11H,3,6,9,12H2,1H3,(H,20,22). The first-order valence-corrected chi connectivity index (χ1v) is 10.5. The fraction of sp³-hybridized carbons (Fsp3) is 0.278. The number of fused-ring (bicyclic) bond motifs is 1. The number of nitrogens with zero attached hydrogens (tertiary/aromatic N) is 1. The van der Waals surface area contributed by atoms with Crippen molar-refractivity contribution in [1.29, 1.82) is 0 Å². The average Bonchev–Trinajstić information content (AvgIpc) is 3.05. The molecule has 1 aliphatic rings. The van der Waals surface area contributed by atoms with Gasteiger partial charge in [-0.2, -0.15) is 0 Å². The number of halogens is 1. The van der Waals surface area contributed by atoms with Crippen molar-refractivity contribution in [3.8, 4) is 11.5 Å². The third-order valence-corrected chi connectivity index (χ3v) is 5.35.